The van der Waals surface area contributed by atoms with Gasteiger partial charge in [-0.05, 0) is 29.7 Å². The number of hydrogen-bond acceptors (Lipinski definition) is 2. The molecule has 2 unspecified atom stereocenters. The van der Waals surface area contributed by atoms with E-state index in [1.54, 1.807) is 0 Å². The van der Waals surface area contributed by atoms with E-state index in [1.807, 2.05) is 0 Å². The minimum absolute atomic E-state index is 0.337. The Morgan fingerprint density at radius 1 is 1.15 bits per heavy atom. The molecule has 1 N–H and O–H groups in total. The molecule has 0 aromatic heterocycles. The van der Waals surface area contributed by atoms with Crippen molar-refractivity contribution in [1.82, 2.24) is 10.2 Å². The van der Waals surface area contributed by atoms with Gasteiger partial charge in [0.05, 0.1) is 0 Å². The van der Waals surface area contributed by atoms with E-state index in [0.717, 1.165) is 18.5 Å². The fourth-order valence-corrected chi connectivity index (χ4v) is 3.35. The van der Waals surface area contributed by atoms with E-state index < -0.39 is 0 Å². The van der Waals surface area contributed by atoms with Gasteiger partial charge in [-0.3, -0.25) is 4.90 Å². The lowest BCUT2D eigenvalue weighted by atomic mass is 9.84. The smallest absolute Gasteiger partial charge is 0.0253 e. The van der Waals surface area contributed by atoms with Gasteiger partial charge in [-0.1, -0.05) is 51.1 Å². The summed E-state index contributed by atoms with van der Waals surface area (Å²) in [7, 11) is 0. The van der Waals surface area contributed by atoms with Gasteiger partial charge in [-0.2, -0.15) is 0 Å². The van der Waals surface area contributed by atoms with Crippen LogP contribution < -0.4 is 5.32 Å². The van der Waals surface area contributed by atoms with Crippen LogP contribution >= 0.6 is 0 Å². The van der Waals surface area contributed by atoms with Crippen LogP contribution in [0.3, 0.4) is 0 Å². The molecular formula is C18H28N2. The molecule has 110 valence electrons. The Morgan fingerprint density at radius 3 is 2.45 bits per heavy atom. The maximum Gasteiger partial charge on any atom is 0.0253 e. The van der Waals surface area contributed by atoms with Crippen LogP contribution in [0.2, 0.25) is 0 Å². The third-order valence-electron chi connectivity index (χ3n) is 4.90. The van der Waals surface area contributed by atoms with Gasteiger partial charge in [-0.15, -0.1) is 0 Å². The summed E-state index contributed by atoms with van der Waals surface area (Å²) in [6.45, 7) is 10.5. The second-order valence-corrected chi connectivity index (χ2v) is 7.65. The first kappa shape index (κ1) is 14.1. The second-order valence-electron chi connectivity index (χ2n) is 7.65. The van der Waals surface area contributed by atoms with Crippen LogP contribution in [0.1, 0.15) is 39.2 Å². The average Bonchev–Trinajstić information content (AvgIpc) is 3.23. The molecule has 2 aliphatic rings. The highest BCUT2D eigenvalue weighted by molar-refractivity contribution is 5.15. The maximum absolute atomic E-state index is 3.80. The molecule has 0 bridgehead atoms. The molecule has 0 radical (unpaired) electrons. The van der Waals surface area contributed by atoms with E-state index in [4.69, 9.17) is 0 Å². The maximum atomic E-state index is 3.80. The fraction of sp³-hybridized carbons (Fsp3) is 0.667. The number of benzene rings is 1. The summed E-state index contributed by atoms with van der Waals surface area (Å²) in [6.07, 6.45) is 2.86. The Kier molecular flexibility index (Phi) is 3.87. The van der Waals surface area contributed by atoms with Gasteiger partial charge in [0.1, 0.15) is 0 Å². The summed E-state index contributed by atoms with van der Waals surface area (Å²) in [5.74, 6) is 0.937. The molecule has 3 rings (SSSR count). The molecule has 2 fully saturated rings. The zero-order chi connectivity index (χ0) is 14.2. The van der Waals surface area contributed by atoms with E-state index in [2.05, 4.69) is 61.3 Å². The van der Waals surface area contributed by atoms with Crippen LogP contribution in [0.4, 0.5) is 0 Å². The summed E-state index contributed by atoms with van der Waals surface area (Å²) in [6, 6.07) is 12.3. The summed E-state index contributed by atoms with van der Waals surface area (Å²) in [4.78, 5) is 2.74. The van der Waals surface area contributed by atoms with Crippen molar-refractivity contribution in [3.8, 4) is 0 Å². The van der Waals surface area contributed by atoms with E-state index in [9.17, 15) is 0 Å². The zero-order valence-corrected chi connectivity index (χ0v) is 13.1. The van der Waals surface area contributed by atoms with Crippen LogP contribution in [-0.4, -0.2) is 30.1 Å². The summed E-state index contributed by atoms with van der Waals surface area (Å²) in [5, 5.41) is 3.80. The number of nitrogens with one attached hydrogen (secondary N) is 1. The van der Waals surface area contributed by atoms with Crippen molar-refractivity contribution in [2.75, 3.05) is 13.1 Å². The van der Waals surface area contributed by atoms with Crippen molar-refractivity contribution in [2.45, 2.75) is 52.2 Å². The van der Waals surface area contributed by atoms with E-state index in [1.165, 1.54) is 31.5 Å². The Hall–Kier alpha value is -0.860. The fourth-order valence-electron chi connectivity index (χ4n) is 3.35. The predicted octanol–water partition coefficient (Wildman–Crippen LogP) is 3.29. The molecule has 0 spiro atoms. The normalized spacial score (nSPS) is 28.6. The summed E-state index contributed by atoms with van der Waals surface area (Å²) >= 11 is 0. The molecule has 20 heavy (non-hydrogen) atoms. The lowest BCUT2D eigenvalue weighted by Gasteiger charge is -2.45. The highest BCUT2D eigenvalue weighted by Gasteiger charge is 2.40. The largest absolute Gasteiger partial charge is 0.311 e. The first-order valence-electron chi connectivity index (χ1n) is 8.05. The molecule has 2 nitrogen and oxygen atoms in total. The predicted molar refractivity (Wildman–Crippen MR) is 84.6 cm³/mol. The monoisotopic (exact) mass is 272 g/mol. The van der Waals surface area contributed by atoms with Crippen molar-refractivity contribution >= 4 is 0 Å². The van der Waals surface area contributed by atoms with Gasteiger partial charge in [-0.25, -0.2) is 0 Å². The lowest BCUT2D eigenvalue weighted by molar-refractivity contribution is 0.0689. The van der Waals surface area contributed by atoms with Crippen LogP contribution in [0.25, 0.3) is 0 Å². The quantitative estimate of drug-likeness (QED) is 0.908. The summed E-state index contributed by atoms with van der Waals surface area (Å²) in [5.41, 5.74) is 1.79. The molecule has 1 heterocycles. The number of hydrogen-bond donors (Lipinski definition) is 1. The minimum Gasteiger partial charge on any atom is -0.311 e. The summed E-state index contributed by atoms with van der Waals surface area (Å²) < 4.78 is 0. The standard InChI is InChI=1S/C18H28N2/c1-18(2,3)17-13-20(12-14-7-5-4-6-8-14)16(11-19-17)15-9-10-15/h4-8,15-17,19H,9-13H2,1-3H3. The SMILES string of the molecule is CC(C)(C)C1CN(Cc2ccccc2)C(C2CC2)CN1. The lowest BCUT2D eigenvalue weighted by Crippen LogP contribution is -2.60. The molecule has 1 aromatic rings. The van der Waals surface area contributed by atoms with Gasteiger partial charge >= 0.3 is 0 Å². The highest BCUT2D eigenvalue weighted by Crippen LogP contribution is 2.38. The molecule has 1 saturated heterocycles. The van der Waals surface area contributed by atoms with E-state index >= 15 is 0 Å². The van der Waals surface area contributed by atoms with Crippen molar-refractivity contribution < 1.29 is 0 Å². The van der Waals surface area contributed by atoms with Gasteiger partial charge in [0.15, 0.2) is 0 Å². The topological polar surface area (TPSA) is 15.3 Å². The number of nitrogens with zero attached hydrogens (tertiary/aromatic N) is 1. The minimum atomic E-state index is 0.337. The van der Waals surface area contributed by atoms with Crippen LogP contribution in [0.15, 0.2) is 30.3 Å². The Morgan fingerprint density at radius 2 is 1.85 bits per heavy atom. The Labute approximate surface area is 123 Å². The highest BCUT2D eigenvalue weighted by atomic mass is 15.2. The van der Waals surface area contributed by atoms with Crippen molar-refractivity contribution in [2.24, 2.45) is 11.3 Å². The first-order valence-corrected chi connectivity index (χ1v) is 8.05. The van der Waals surface area contributed by atoms with Crippen LogP contribution in [0, 0.1) is 11.3 Å². The molecule has 0 amide bonds. The second kappa shape index (κ2) is 5.50. The third-order valence-corrected chi connectivity index (χ3v) is 4.90. The molecule has 2 atom stereocenters. The number of piperazine rings is 1. The Balaban J connectivity index is 1.72. The van der Waals surface area contributed by atoms with Gasteiger partial charge in [0.2, 0.25) is 0 Å². The molecule has 1 aliphatic heterocycles. The molecule has 1 saturated carbocycles. The molecular weight excluding hydrogens is 244 g/mol. The van der Waals surface area contributed by atoms with Gasteiger partial charge in [0, 0.05) is 31.7 Å². The van der Waals surface area contributed by atoms with E-state index in [-0.39, 0.29) is 0 Å². The van der Waals surface area contributed by atoms with Crippen LogP contribution in [-0.2, 0) is 6.54 Å². The zero-order valence-electron chi connectivity index (χ0n) is 13.1. The van der Waals surface area contributed by atoms with E-state index in [0.29, 0.717) is 11.5 Å². The van der Waals surface area contributed by atoms with Crippen molar-refractivity contribution in [1.29, 1.82) is 0 Å². The Bertz CT molecular complexity index is 430. The van der Waals surface area contributed by atoms with Crippen molar-refractivity contribution in [3.05, 3.63) is 35.9 Å². The molecule has 2 heteroatoms. The van der Waals surface area contributed by atoms with Crippen molar-refractivity contribution in [3.63, 3.8) is 0 Å². The van der Waals surface area contributed by atoms with Gasteiger partial charge < -0.3 is 5.32 Å². The molecule has 1 aliphatic carbocycles. The third kappa shape index (κ3) is 3.24. The molecule has 1 aromatic carbocycles. The van der Waals surface area contributed by atoms with Crippen LogP contribution in [0.5, 0.6) is 0 Å². The van der Waals surface area contributed by atoms with Gasteiger partial charge in [0.25, 0.3) is 0 Å². The average molecular weight is 272 g/mol. The number of rotatable bonds is 3. The first-order chi connectivity index (χ1) is 9.54.